The number of aliphatic carboxylic acids is 1. The normalized spacial score (nSPS) is 10.9. The molecule has 15 heavy (non-hydrogen) atoms. The van der Waals surface area contributed by atoms with E-state index in [-0.39, 0.29) is 10.6 Å². The Labute approximate surface area is 90.0 Å². The second-order valence-electron chi connectivity index (χ2n) is 2.64. The van der Waals surface area contributed by atoms with Gasteiger partial charge in [0.2, 0.25) is 0 Å². The lowest BCUT2D eigenvalue weighted by Gasteiger charge is -1.98. The van der Waals surface area contributed by atoms with Gasteiger partial charge < -0.3 is 5.11 Å². The fourth-order valence-corrected chi connectivity index (χ4v) is 1.14. The second kappa shape index (κ2) is 4.58. The minimum absolute atomic E-state index is 0.0593. The third kappa shape index (κ3) is 2.79. The SMILES string of the molecule is N#CC(=Cc1ccc(F)cc1Cl)C(=O)O. The molecule has 0 radical (unpaired) electrons. The number of hydrogen-bond acceptors (Lipinski definition) is 2. The van der Waals surface area contributed by atoms with Crippen LogP contribution in [0, 0.1) is 17.1 Å². The predicted octanol–water partition coefficient (Wildman–Crippen LogP) is 2.47. The number of carboxylic acids is 1. The van der Waals surface area contributed by atoms with E-state index in [9.17, 15) is 9.18 Å². The summed E-state index contributed by atoms with van der Waals surface area (Å²) in [4.78, 5) is 10.5. The Kier molecular flexibility index (Phi) is 3.42. The van der Waals surface area contributed by atoms with Crippen molar-refractivity contribution in [2.45, 2.75) is 0 Å². The van der Waals surface area contributed by atoms with Crippen LogP contribution in [0.25, 0.3) is 6.08 Å². The smallest absolute Gasteiger partial charge is 0.346 e. The highest BCUT2D eigenvalue weighted by molar-refractivity contribution is 6.32. The van der Waals surface area contributed by atoms with Crippen LogP contribution in [0.2, 0.25) is 5.02 Å². The highest BCUT2D eigenvalue weighted by Crippen LogP contribution is 2.19. The summed E-state index contributed by atoms with van der Waals surface area (Å²) in [5, 5.41) is 17.1. The van der Waals surface area contributed by atoms with Crippen LogP contribution in [0.3, 0.4) is 0 Å². The van der Waals surface area contributed by atoms with Gasteiger partial charge in [0.1, 0.15) is 17.5 Å². The Morgan fingerprint density at radius 3 is 2.73 bits per heavy atom. The molecular weight excluding hydrogens is 221 g/mol. The number of nitrogens with zero attached hydrogens (tertiary/aromatic N) is 1. The maximum atomic E-state index is 12.6. The van der Waals surface area contributed by atoms with Gasteiger partial charge in [-0.05, 0) is 23.8 Å². The molecule has 0 saturated carbocycles. The number of nitriles is 1. The van der Waals surface area contributed by atoms with Gasteiger partial charge in [0.15, 0.2) is 0 Å². The molecule has 0 amide bonds. The summed E-state index contributed by atoms with van der Waals surface area (Å²) in [7, 11) is 0. The van der Waals surface area contributed by atoms with Crippen LogP contribution in [0.15, 0.2) is 23.8 Å². The van der Waals surface area contributed by atoms with E-state index in [1.54, 1.807) is 0 Å². The van der Waals surface area contributed by atoms with Crippen molar-refractivity contribution in [2.75, 3.05) is 0 Å². The first kappa shape index (κ1) is 11.2. The molecule has 0 heterocycles. The quantitative estimate of drug-likeness (QED) is 0.621. The molecule has 0 unspecified atom stereocenters. The number of carboxylic acid groups (broad SMARTS) is 1. The summed E-state index contributed by atoms with van der Waals surface area (Å²) in [6, 6.07) is 4.98. The van der Waals surface area contributed by atoms with Crippen LogP contribution < -0.4 is 0 Å². The second-order valence-corrected chi connectivity index (χ2v) is 3.05. The van der Waals surface area contributed by atoms with Gasteiger partial charge in [-0.3, -0.25) is 0 Å². The van der Waals surface area contributed by atoms with Crippen LogP contribution in [-0.2, 0) is 4.79 Å². The Bertz CT molecular complexity index is 477. The molecule has 1 N–H and O–H groups in total. The fourth-order valence-electron chi connectivity index (χ4n) is 0.916. The summed E-state index contributed by atoms with van der Waals surface area (Å²) in [5.74, 6) is -1.87. The summed E-state index contributed by atoms with van der Waals surface area (Å²) in [6.07, 6.45) is 1.09. The Hall–Kier alpha value is -1.86. The molecule has 0 aliphatic heterocycles. The monoisotopic (exact) mass is 225 g/mol. The molecular formula is C10H5ClFNO2. The van der Waals surface area contributed by atoms with Crippen molar-refractivity contribution in [1.29, 1.82) is 5.26 Å². The van der Waals surface area contributed by atoms with E-state index in [1.807, 2.05) is 0 Å². The summed E-state index contributed by atoms with van der Waals surface area (Å²) in [6.45, 7) is 0. The first-order valence-corrected chi connectivity index (χ1v) is 4.22. The minimum atomic E-state index is -1.35. The topological polar surface area (TPSA) is 61.1 Å². The first-order valence-electron chi connectivity index (χ1n) is 3.84. The lowest BCUT2D eigenvalue weighted by Crippen LogP contribution is -1.97. The zero-order valence-corrected chi connectivity index (χ0v) is 8.12. The number of halogens is 2. The van der Waals surface area contributed by atoms with Crippen molar-refractivity contribution in [3.05, 3.63) is 40.2 Å². The lowest BCUT2D eigenvalue weighted by molar-refractivity contribution is -0.132. The van der Waals surface area contributed by atoms with E-state index in [0.717, 1.165) is 18.2 Å². The van der Waals surface area contributed by atoms with Crippen molar-refractivity contribution < 1.29 is 14.3 Å². The molecule has 0 atom stereocenters. The van der Waals surface area contributed by atoms with Gasteiger partial charge in [0.05, 0.1) is 5.02 Å². The summed E-state index contributed by atoms with van der Waals surface area (Å²) < 4.78 is 12.6. The van der Waals surface area contributed by atoms with Crippen molar-refractivity contribution in [1.82, 2.24) is 0 Å². The summed E-state index contributed by atoms with van der Waals surface area (Å²) in [5.41, 5.74) is -0.166. The number of carbonyl (C=O) groups is 1. The molecule has 3 nitrogen and oxygen atoms in total. The largest absolute Gasteiger partial charge is 0.477 e. The molecule has 5 heteroatoms. The van der Waals surface area contributed by atoms with Crippen LogP contribution in [0.4, 0.5) is 4.39 Å². The molecule has 1 aromatic carbocycles. The van der Waals surface area contributed by atoms with Crippen LogP contribution >= 0.6 is 11.6 Å². The number of benzene rings is 1. The molecule has 1 aromatic rings. The molecule has 0 spiro atoms. The van der Waals surface area contributed by atoms with Crippen molar-refractivity contribution in [3.63, 3.8) is 0 Å². The van der Waals surface area contributed by atoms with Gasteiger partial charge in [-0.1, -0.05) is 17.7 Å². The average Bonchev–Trinajstić information content (AvgIpc) is 2.16. The highest BCUT2D eigenvalue weighted by atomic mass is 35.5. The fraction of sp³-hybridized carbons (Fsp3) is 0. The molecule has 0 aliphatic rings. The summed E-state index contributed by atoms with van der Waals surface area (Å²) >= 11 is 5.65. The first-order chi connectivity index (χ1) is 7.04. The van der Waals surface area contributed by atoms with E-state index in [1.165, 1.54) is 12.1 Å². The maximum Gasteiger partial charge on any atom is 0.346 e. The van der Waals surface area contributed by atoms with Crippen molar-refractivity contribution >= 4 is 23.6 Å². The van der Waals surface area contributed by atoms with Gasteiger partial charge in [0.25, 0.3) is 0 Å². The van der Waals surface area contributed by atoms with Gasteiger partial charge in [-0.2, -0.15) is 5.26 Å². The molecule has 0 bridgehead atoms. The molecule has 0 aliphatic carbocycles. The van der Waals surface area contributed by atoms with Crippen molar-refractivity contribution in [3.8, 4) is 6.07 Å². The van der Waals surface area contributed by atoms with Gasteiger partial charge in [0, 0.05) is 0 Å². The highest BCUT2D eigenvalue weighted by Gasteiger charge is 2.07. The molecule has 0 aromatic heterocycles. The minimum Gasteiger partial charge on any atom is -0.477 e. The van der Waals surface area contributed by atoms with Crippen molar-refractivity contribution in [2.24, 2.45) is 0 Å². The molecule has 0 fully saturated rings. The Morgan fingerprint density at radius 2 is 2.27 bits per heavy atom. The number of hydrogen-bond donors (Lipinski definition) is 1. The van der Waals surface area contributed by atoms with E-state index in [0.29, 0.717) is 0 Å². The third-order valence-electron chi connectivity index (χ3n) is 1.61. The van der Waals surface area contributed by atoms with Gasteiger partial charge in [-0.25, -0.2) is 9.18 Å². The van der Waals surface area contributed by atoms with Gasteiger partial charge in [-0.15, -0.1) is 0 Å². The average molecular weight is 226 g/mol. The third-order valence-corrected chi connectivity index (χ3v) is 1.94. The van der Waals surface area contributed by atoms with Crippen LogP contribution in [0.1, 0.15) is 5.56 Å². The zero-order valence-electron chi connectivity index (χ0n) is 7.37. The zero-order chi connectivity index (χ0) is 11.4. The van der Waals surface area contributed by atoms with Crippen LogP contribution in [0.5, 0.6) is 0 Å². The Morgan fingerprint density at radius 1 is 1.60 bits per heavy atom. The molecule has 76 valence electrons. The molecule has 1 rings (SSSR count). The maximum absolute atomic E-state index is 12.6. The van der Waals surface area contributed by atoms with E-state index >= 15 is 0 Å². The predicted molar refractivity (Wildman–Crippen MR) is 52.6 cm³/mol. The van der Waals surface area contributed by atoms with Gasteiger partial charge >= 0.3 is 5.97 Å². The lowest BCUT2D eigenvalue weighted by atomic mass is 10.1. The number of rotatable bonds is 2. The Balaban J connectivity index is 3.19. The van der Waals surface area contributed by atoms with E-state index in [2.05, 4.69) is 0 Å². The standard InChI is InChI=1S/C10H5ClFNO2/c11-9-4-8(12)2-1-6(9)3-7(5-13)10(14)15/h1-4H,(H,14,15). The molecule has 0 saturated heterocycles. The van der Waals surface area contributed by atoms with Crippen LogP contribution in [-0.4, -0.2) is 11.1 Å². The van der Waals surface area contributed by atoms with E-state index < -0.39 is 17.4 Å². The van der Waals surface area contributed by atoms with E-state index in [4.69, 9.17) is 22.0 Å².